The molecule has 0 saturated carbocycles. The van der Waals surface area contributed by atoms with Gasteiger partial charge in [0.05, 0.1) is 19.1 Å². The summed E-state index contributed by atoms with van der Waals surface area (Å²) in [6.07, 6.45) is 0.938. The summed E-state index contributed by atoms with van der Waals surface area (Å²) >= 11 is 0. The van der Waals surface area contributed by atoms with Crippen molar-refractivity contribution in [1.82, 2.24) is 15.2 Å². The summed E-state index contributed by atoms with van der Waals surface area (Å²) in [6, 6.07) is -0.117. The predicted octanol–water partition coefficient (Wildman–Crippen LogP) is 0.690. The fourth-order valence-corrected chi connectivity index (χ4v) is 2.37. The Kier molecular flexibility index (Phi) is 4.49. The molecule has 1 aliphatic heterocycles. The second kappa shape index (κ2) is 6.12. The lowest BCUT2D eigenvalue weighted by Gasteiger charge is -2.29. The zero-order chi connectivity index (χ0) is 13.8. The molecular formula is C12H19N3O4. The molecule has 2 rings (SSSR count). The van der Waals surface area contributed by atoms with Crippen LogP contribution < -0.4 is 0 Å². The van der Waals surface area contributed by atoms with Gasteiger partial charge in [0.1, 0.15) is 11.4 Å². The highest BCUT2D eigenvalue weighted by molar-refractivity contribution is 5.71. The normalized spacial score (nSPS) is 23.1. The highest BCUT2D eigenvalue weighted by Gasteiger charge is 2.38. The van der Waals surface area contributed by atoms with E-state index in [1.54, 1.807) is 0 Å². The average Bonchev–Trinajstić information content (AvgIpc) is 2.98. The zero-order valence-electron chi connectivity index (χ0n) is 11.2. The number of rotatable bonds is 6. The first-order chi connectivity index (χ1) is 9.13. The molecule has 0 bridgehead atoms. The number of ether oxygens (including phenoxy) is 1. The number of aliphatic carboxylic acids is 1. The van der Waals surface area contributed by atoms with Crippen LogP contribution in [0, 0.1) is 12.8 Å². The third-order valence-electron chi connectivity index (χ3n) is 3.45. The summed E-state index contributed by atoms with van der Waals surface area (Å²) in [6.45, 7) is 5.95. The molecule has 2 atom stereocenters. The molecule has 106 valence electrons. The largest absolute Gasteiger partial charge is 0.481 e. The van der Waals surface area contributed by atoms with Gasteiger partial charge in [-0.3, -0.25) is 9.69 Å². The molecule has 0 spiro atoms. The van der Waals surface area contributed by atoms with Crippen LogP contribution in [0.1, 0.15) is 24.7 Å². The quantitative estimate of drug-likeness (QED) is 0.812. The van der Waals surface area contributed by atoms with Gasteiger partial charge in [0.15, 0.2) is 0 Å². The van der Waals surface area contributed by atoms with E-state index < -0.39 is 11.9 Å². The predicted molar refractivity (Wildman–Crippen MR) is 65.5 cm³/mol. The molecule has 0 aromatic carbocycles. The maximum atomic E-state index is 11.2. The van der Waals surface area contributed by atoms with Crippen molar-refractivity contribution in [2.24, 2.45) is 5.92 Å². The third kappa shape index (κ3) is 3.10. The van der Waals surface area contributed by atoms with Crippen LogP contribution in [0.5, 0.6) is 0 Å². The van der Waals surface area contributed by atoms with Crippen LogP contribution >= 0.6 is 0 Å². The first kappa shape index (κ1) is 14.0. The van der Waals surface area contributed by atoms with Gasteiger partial charge >= 0.3 is 5.97 Å². The molecule has 1 N–H and O–H groups in total. The van der Waals surface area contributed by atoms with E-state index in [9.17, 15) is 9.90 Å². The molecule has 7 heteroatoms. The number of aromatic nitrogens is 2. The van der Waals surface area contributed by atoms with Crippen molar-refractivity contribution < 1.29 is 19.3 Å². The van der Waals surface area contributed by atoms with E-state index in [2.05, 4.69) is 26.8 Å². The second-order valence-corrected chi connectivity index (χ2v) is 4.82. The van der Waals surface area contributed by atoms with Gasteiger partial charge in [-0.1, -0.05) is 17.2 Å². The van der Waals surface area contributed by atoms with Crippen LogP contribution in [0.4, 0.5) is 0 Å². The first-order valence-electron chi connectivity index (χ1n) is 6.46. The molecule has 2 heterocycles. The van der Waals surface area contributed by atoms with Gasteiger partial charge in [-0.25, -0.2) is 4.63 Å². The number of aryl methyl sites for hydroxylation is 1. The lowest BCUT2D eigenvalue weighted by molar-refractivity contribution is -0.143. The van der Waals surface area contributed by atoms with Crippen molar-refractivity contribution in [1.29, 1.82) is 0 Å². The van der Waals surface area contributed by atoms with Gasteiger partial charge in [0.25, 0.3) is 0 Å². The topological polar surface area (TPSA) is 88.7 Å². The van der Waals surface area contributed by atoms with Gasteiger partial charge in [-0.05, 0) is 19.9 Å². The Balaban J connectivity index is 2.11. The van der Waals surface area contributed by atoms with Gasteiger partial charge in [-0.15, -0.1) is 0 Å². The molecule has 1 aromatic rings. The van der Waals surface area contributed by atoms with Gasteiger partial charge < -0.3 is 9.84 Å². The second-order valence-electron chi connectivity index (χ2n) is 4.82. The molecule has 1 saturated heterocycles. The van der Waals surface area contributed by atoms with E-state index in [1.807, 2.05) is 6.92 Å². The van der Waals surface area contributed by atoms with Gasteiger partial charge in [0.2, 0.25) is 0 Å². The Bertz CT molecular complexity index is 434. The van der Waals surface area contributed by atoms with Crippen LogP contribution in [-0.2, 0) is 16.1 Å². The highest BCUT2D eigenvalue weighted by atomic mass is 16.6. The molecular weight excluding hydrogens is 250 g/mol. The van der Waals surface area contributed by atoms with E-state index >= 15 is 0 Å². The van der Waals surface area contributed by atoms with Crippen molar-refractivity contribution in [3.8, 4) is 0 Å². The highest BCUT2D eigenvalue weighted by Crippen LogP contribution is 2.22. The molecule has 1 aliphatic rings. The maximum Gasteiger partial charge on any atom is 0.310 e. The van der Waals surface area contributed by atoms with Crippen LogP contribution in [0.3, 0.4) is 0 Å². The van der Waals surface area contributed by atoms with Crippen molar-refractivity contribution in [3.05, 3.63) is 11.4 Å². The lowest BCUT2D eigenvalue weighted by Crippen LogP contribution is -2.43. The molecule has 7 nitrogen and oxygen atoms in total. The summed E-state index contributed by atoms with van der Waals surface area (Å²) in [5.41, 5.74) is 1.50. The van der Waals surface area contributed by atoms with Crippen molar-refractivity contribution in [2.45, 2.75) is 32.9 Å². The Morgan fingerprint density at radius 3 is 2.84 bits per heavy atom. The summed E-state index contributed by atoms with van der Waals surface area (Å²) in [7, 11) is 0. The summed E-state index contributed by atoms with van der Waals surface area (Å²) < 4.78 is 10.0. The summed E-state index contributed by atoms with van der Waals surface area (Å²) in [5.74, 6) is -1.29. The molecule has 0 amide bonds. The van der Waals surface area contributed by atoms with Crippen molar-refractivity contribution in [3.63, 3.8) is 0 Å². The Hall–Kier alpha value is -1.47. The standard InChI is InChI=1S/C12H19N3O4/c1-3-4-15(5-10-8(2)13-19-14-10)11-7-18-6-9(11)12(16)17/h9,11H,3-7H2,1-2H3,(H,16,17). The molecule has 1 fully saturated rings. The molecule has 0 aliphatic carbocycles. The van der Waals surface area contributed by atoms with Crippen molar-refractivity contribution >= 4 is 5.97 Å². The van der Waals surface area contributed by atoms with E-state index in [1.165, 1.54) is 0 Å². The minimum absolute atomic E-state index is 0.117. The minimum Gasteiger partial charge on any atom is -0.481 e. The zero-order valence-corrected chi connectivity index (χ0v) is 11.2. The number of carbonyl (C=O) groups is 1. The van der Waals surface area contributed by atoms with Crippen molar-refractivity contribution in [2.75, 3.05) is 19.8 Å². The maximum absolute atomic E-state index is 11.2. The van der Waals surface area contributed by atoms with Crippen LogP contribution in [0.15, 0.2) is 4.63 Å². The first-order valence-corrected chi connectivity index (χ1v) is 6.46. The number of carboxylic acids is 1. The smallest absolute Gasteiger partial charge is 0.310 e. The van der Waals surface area contributed by atoms with E-state index in [-0.39, 0.29) is 12.6 Å². The molecule has 1 aromatic heterocycles. The third-order valence-corrected chi connectivity index (χ3v) is 3.45. The van der Waals surface area contributed by atoms with E-state index in [4.69, 9.17) is 4.74 Å². The Morgan fingerprint density at radius 2 is 2.26 bits per heavy atom. The molecule has 2 unspecified atom stereocenters. The van der Waals surface area contributed by atoms with E-state index in [0.29, 0.717) is 13.2 Å². The number of nitrogens with zero attached hydrogens (tertiary/aromatic N) is 3. The minimum atomic E-state index is -0.807. The lowest BCUT2D eigenvalue weighted by atomic mass is 10.0. The van der Waals surface area contributed by atoms with Crippen LogP contribution in [0.2, 0.25) is 0 Å². The number of hydrogen-bond donors (Lipinski definition) is 1. The fourth-order valence-electron chi connectivity index (χ4n) is 2.37. The van der Waals surface area contributed by atoms with E-state index in [0.717, 1.165) is 24.4 Å². The number of hydrogen-bond acceptors (Lipinski definition) is 6. The Morgan fingerprint density at radius 1 is 1.47 bits per heavy atom. The monoisotopic (exact) mass is 269 g/mol. The average molecular weight is 269 g/mol. The number of carboxylic acid groups (broad SMARTS) is 1. The molecule has 0 radical (unpaired) electrons. The SMILES string of the molecule is CCCN(Cc1nonc1C)C1COCC1C(=O)O. The Labute approximate surface area is 111 Å². The van der Waals surface area contributed by atoms with Gasteiger partial charge in [0, 0.05) is 12.6 Å². The van der Waals surface area contributed by atoms with Gasteiger partial charge in [-0.2, -0.15) is 0 Å². The summed E-state index contributed by atoms with van der Waals surface area (Å²) in [4.78, 5) is 13.3. The summed E-state index contributed by atoms with van der Waals surface area (Å²) in [5, 5.41) is 16.8. The fraction of sp³-hybridized carbons (Fsp3) is 0.750. The van der Waals surface area contributed by atoms with Crippen LogP contribution in [0.25, 0.3) is 0 Å². The molecule has 19 heavy (non-hydrogen) atoms. The van der Waals surface area contributed by atoms with Crippen LogP contribution in [-0.4, -0.2) is 52.1 Å².